The predicted molar refractivity (Wildman–Crippen MR) is 227 cm³/mol. The molecule has 1 atom stereocenters. The van der Waals surface area contributed by atoms with E-state index in [-0.39, 0.29) is 35.9 Å². The van der Waals surface area contributed by atoms with Crippen LogP contribution < -0.4 is 26.2 Å². The molecule has 320 valence electrons. The summed E-state index contributed by atoms with van der Waals surface area (Å²) in [4.78, 5) is 70.0. The van der Waals surface area contributed by atoms with E-state index in [1.807, 2.05) is 36.4 Å². The first-order valence-corrected chi connectivity index (χ1v) is 20.8. The largest absolute Gasteiger partial charge is 0.384 e. The molecule has 62 heavy (non-hydrogen) atoms. The van der Waals surface area contributed by atoms with Crippen LogP contribution in [0.15, 0.2) is 72.8 Å². The van der Waals surface area contributed by atoms with Crippen LogP contribution in [0.2, 0.25) is 0 Å². The molecule has 0 bridgehead atoms. The van der Waals surface area contributed by atoms with Gasteiger partial charge in [0.05, 0.1) is 22.2 Å². The van der Waals surface area contributed by atoms with Crippen molar-refractivity contribution >= 4 is 63.3 Å². The number of ether oxygens (including phenoxy) is 1. The lowest BCUT2D eigenvalue weighted by atomic mass is 10.0. The Morgan fingerprint density at radius 1 is 0.823 bits per heavy atom. The summed E-state index contributed by atoms with van der Waals surface area (Å²) in [7, 11) is 0. The highest BCUT2D eigenvalue weighted by molar-refractivity contribution is 6.23. The number of aromatic nitrogens is 2. The Bertz CT molecular complexity index is 2570. The molecule has 3 fully saturated rings. The average Bonchev–Trinajstić information content (AvgIpc) is 3.76. The summed E-state index contributed by atoms with van der Waals surface area (Å²) in [5, 5.41) is 20.2. The summed E-state index contributed by atoms with van der Waals surface area (Å²) in [6.07, 6.45) is 2.08. The van der Waals surface area contributed by atoms with Crippen molar-refractivity contribution in [2.45, 2.75) is 44.2 Å². The number of amides is 5. The van der Waals surface area contributed by atoms with E-state index in [0.717, 1.165) is 67.8 Å². The van der Waals surface area contributed by atoms with Crippen LogP contribution in [0, 0.1) is 11.6 Å². The zero-order chi connectivity index (χ0) is 42.9. The van der Waals surface area contributed by atoms with E-state index in [0.29, 0.717) is 65.4 Å². The number of H-pyrrole nitrogens is 1. The molecule has 4 aliphatic heterocycles. The van der Waals surface area contributed by atoms with Gasteiger partial charge in [-0.3, -0.25) is 44.2 Å². The standard InChI is InChI=1S/C45H45F2N9O6/c46-28-20-27(21-29(47)23-28)19-26-1-6-37-36(22-26)41(53-52-37)51-42(58)34-5-3-32(25-38(34)49-30-9-17-62-18-10-30)55-15-13-54(14-16-55)12-11-48-31-2-4-33-35(24-31)45(61)56(44(33)60)39-7-8-40(57)50-43(39)59/h1-6,20-25,30,39,48-49H,7-19H2,(H,50,57,59)(H2,51,52,53,58). The van der Waals surface area contributed by atoms with E-state index < -0.39 is 41.3 Å². The van der Waals surface area contributed by atoms with Gasteiger partial charge in [-0.15, -0.1) is 0 Å². The highest BCUT2D eigenvalue weighted by atomic mass is 19.1. The third-order valence-corrected chi connectivity index (χ3v) is 12.0. The fourth-order valence-corrected chi connectivity index (χ4v) is 8.67. The molecule has 4 aliphatic rings. The molecule has 4 aromatic carbocycles. The molecule has 3 saturated heterocycles. The Kier molecular flexibility index (Phi) is 11.4. The quantitative estimate of drug-likeness (QED) is 0.108. The maximum atomic E-state index is 14.0. The second-order valence-corrected chi connectivity index (χ2v) is 16.1. The Morgan fingerprint density at radius 2 is 1.60 bits per heavy atom. The Morgan fingerprint density at radius 3 is 2.37 bits per heavy atom. The molecule has 5 amide bonds. The first-order chi connectivity index (χ1) is 30.1. The van der Waals surface area contributed by atoms with E-state index in [1.165, 1.54) is 12.1 Å². The zero-order valence-corrected chi connectivity index (χ0v) is 33.8. The van der Waals surface area contributed by atoms with E-state index in [2.05, 4.69) is 41.3 Å². The summed E-state index contributed by atoms with van der Waals surface area (Å²) in [6, 6.07) is 18.9. The van der Waals surface area contributed by atoms with Crippen molar-refractivity contribution in [3.63, 3.8) is 0 Å². The zero-order valence-electron chi connectivity index (χ0n) is 33.8. The average molecular weight is 846 g/mol. The number of anilines is 4. The number of nitrogens with one attached hydrogen (secondary N) is 5. The second-order valence-electron chi connectivity index (χ2n) is 16.1. The minimum Gasteiger partial charge on any atom is -0.384 e. The highest BCUT2D eigenvalue weighted by Crippen LogP contribution is 2.32. The van der Waals surface area contributed by atoms with Gasteiger partial charge in [0.15, 0.2) is 5.82 Å². The summed E-state index contributed by atoms with van der Waals surface area (Å²) >= 11 is 0. The number of rotatable bonds is 12. The highest BCUT2D eigenvalue weighted by Gasteiger charge is 2.44. The lowest BCUT2D eigenvalue weighted by Gasteiger charge is -2.36. The van der Waals surface area contributed by atoms with E-state index in [9.17, 15) is 32.8 Å². The molecule has 0 aliphatic carbocycles. The van der Waals surface area contributed by atoms with Crippen molar-refractivity contribution in [1.82, 2.24) is 25.3 Å². The van der Waals surface area contributed by atoms with Crippen molar-refractivity contribution in [3.8, 4) is 0 Å². The number of aromatic amines is 1. The second kappa shape index (κ2) is 17.3. The van der Waals surface area contributed by atoms with Gasteiger partial charge in [0.25, 0.3) is 17.7 Å². The molecule has 15 nitrogen and oxygen atoms in total. The van der Waals surface area contributed by atoms with Crippen molar-refractivity contribution < 1.29 is 37.5 Å². The minimum atomic E-state index is -1.01. The Balaban J connectivity index is 0.827. The van der Waals surface area contributed by atoms with Crippen molar-refractivity contribution in [2.24, 2.45) is 0 Å². The van der Waals surface area contributed by atoms with Crippen LogP contribution in [0.4, 0.5) is 31.7 Å². The van der Waals surface area contributed by atoms with Crippen LogP contribution in [0.5, 0.6) is 0 Å². The van der Waals surface area contributed by atoms with Gasteiger partial charge in [-0.2, -0.15) is 5.10 Å². The number of benzene rings is 4. The van der Waals surface area contributed by atoms with Crippen molar-refractivity contribution in [2.75, 3.05) is 73.3 Å². The third-order valence-electron chi connectivity index (χ3n) is 12.0. The van der Waals surface area contributed by atoms with Crippen LogP contribution in [-0.4, -0.2) is 114 Å². The molecule has 5 N–H and O–H groups in total. The summed E-state index contributed by atoms with van der Waals surface area (Å²) in [5.74, 6) is -3.40. The maximum absolute atomic E-state index is 14.0. The molecule has 0 radical (unpaired) electrons. The van der Waals surface area contributed by atoms with Gasteiger partial charge in [0.2, 0.25) is 11.8 Å². The Labute approximate surface area is 355 Å². The van der Waals surface area contributed by atoms with Gasteiger partial charge in [-0.25, -0.2) is 8.78 Å². The number of nitrogens with zero attached hydrogens (tertiary/aromatic N) is 4. The fraction of sp³-hybridized carbons (Fsp3) is 0.333. The van der Waals surface area contributed by atoms with Crippen molar-refractivity contribution in [1.29, 1.82) is 0 Å². The van der Waals surface area contributed by atoms with Crippen LogP contribution in [0.3, 0.4) is 0 Å². The molecule has 9 rings (SSSR count). The number of imide groups is 2. The van der Waals surface area contributed by atoms with Crippen LogP contribution in [-0.2, 0) is 20.7 Å². The number of carbonyl (C=O) groups excluding carboxylic acids is 5. The third kappa shape index (κ3) is 8.58. The van der Waals surface area contributed by atoms with E-state index in [4.69, 9.17) is 4.74 Å². The van der Waals surface area contributed by atoms with Gasteiger partial charge < -0.3 is 25.6 Å². The van der Waals surface area contributed by atoms with Gasteiger partial charge >= 0.3 is 0 Å². The number of piperazine rings is 1. The predicted octanol–water partition coefficient (Wildman–Crippen LogP) is 4.91. The smallest absolute Gasteiger partial charge is 0.262 e. The molecule has 17 heteroatoms. The first kappa shape index (κ1) is 40.7. The lowest BCUT2D eigenvalue weighted by molar-refractivity contribution is -0.136. The SMILES string of the molecule is O=C1CCC(N2C(=O)c3ccc(NCCN4CCN(c5ccc(C(=O)Nc6n[nH]c7ccc(Cc8cc(F)cc(F)c8)cc67)c(NC6CCOCC6)c5)CC4)cc3C2=O)C(=O)N1. The molecule has 5 heterocycles. The molecule has 1 aromatic heterocycles. The fourth-order valence-electron chi connectivity index (χ4n) is 8.67. The molecular weight excluding hydrogens is 801 g/mol. The van der Waals surface area contributed by atoms with Crippen LogP contribution in [0.1, 0.15) is 67.9 Å². The van der Waals surface area contributed by atoms with Gasteiger partial charge in [0, 0.05) is 93.5 Å². The first-order valence-electron chi connectivity index (χ1n) is 20.8. The van der Waals surface area contributed by atoms with Gasteiger partial charge in [-0.05, 0) is 97.5 Å². The monoisotopic (exact) mass is 845 g/mol. The van der Waals surface area contributed by atoms with Crippen molar-refractivity contribution in [3.05, 3.63) is 112 Å². The topological polar surface area (TPSA) is 181 Å². The van der Waals surface area contributed by atoms with Crippen LogP contribution >= 0.6 is 0 Å². The molecule has 1 unspecified atom stereocenters. The van der Waals surface area contributed by atoms with Gasteiger partial charge in [-0.1, -0.05) is 6.07 Å². The van der Waals surface area contributed by atoms with Gasteiger partial charge in [0.1, 0.15) is 17.7 Å². The molecule has 5 aromatic rings. The number of hydrogen-bond acceptors (Lipinski definition) is 11. The maximum Gasteiger partial charge on any atom is 0.262 e. The molecule has 0 spiro atoms. The number of halogens is 2. The molecular formula is C45H45F2N9O6. The van der Waals surface area contributed by atoms with E-state index in [1.54, 1.807) is 18.2 Å². The normalized spacial score (nSPS) is 18.6. The summed E-state index contributed by atoms with van der Waals surface area (Å²) in [6.45, 7) is 5.72. The Hall–Kier alpha value is -6.72. The molecule has 0 saturated carbocycles. The summed E-state index contributed by atoms with van der Waals surface area (Å²) < 4.78 is 33.3. The number of piperidine rings is 1. The van der Waals surface area contributed by atoms with E-state index >= 15 is 0 Å². The summed E-state index contributed by atoms with van der Waals surface area (Å²) in [5.41, 5.74) is 5.32. The number of fused-ring (bicyclic) bond motifs is 2. The number of hydrogen-bond donors (Lipinski definition) is 5. The number of carbonyl (C=O) groups is 5. The minimum absolute atomic E-state index is 0.0629. The lowest BCUT2D eigenvalue weighted by Crippen LogP contribution is -2.54. The van der Waals surface area contributed by atoms with Crippen LogP contribution in [0.25, 0.3) is 10.9 Å².